The third kappa shape index (κ3) is 6.97. The van der Waals surface area contributed by atoms with Gasteiger partial charge in [-0.25, -0.2) is 4.98 Å². The lowest BCUT2D eigenvalue weighted by Gasteiger charge is -2.06. The molecule has 2 rings (SSSR count). The number of rotatable bonds is 11. The lowest BCUT2D eigenvalue weighted by Crippen LogP contribution is -2.13. The first kappa shape index (κ1) is 21.9. The first-order valence-corrected chi connectivity index (χ1v) is 10.6. The van der Waals surface area contributed by atoms with Crippen molar-refractivity contribution >= 4 is 45.8 Å². The number of carbonyl (C=O) groups excluding carboxylic acids is 3. The lowest BCUT2D eigenvalue weighted by molar-refractivity contribution is -0.116. The van der Waals surface area contributed by atoms with Crippen molar-refractivity contribution in [3.63, 3.8) is 0 Å². The maximum Gasteiger partial charge on any atom is 0.227 e. The first-order valence-electron chi connectivity index (χ1n) is 8.83. The van der Waals surface area contributed by atoms with Crippen molar-refractivity contribution in [2.24, 2.45) is 5.73 Å². The van der Waals surface area contributed by atoms with Gasteiger partial charge in [-0.2, -0.15) is 0 Å². The number of aryl methyl sites for hydroxylation is 1. The molecule has 150 valence electrons. The number of nitrogens with one attached hydrogen (secondary N) is 1. The molecule has 0 radical (unpaired) electrons. The Bertz CT molecular complexity index is 834. The molecule has 28 heavy (non-hydrogen) atoms. The summed E-state index contributed by atoms with van der Waals surface area (Å²) in [5.41, 5.74) is 6.42. The van der Waals surface area contributed by atoms with Gasteiger partial charge >= 0.3 is 0 Å². The predicted octanol–water partition coefficient (Wildman–Crippen LogP) is 3.42. The summed E-state index contributed by atoms with van der Waals surface area (Å²) < 4.78 is 6.32. The second kappa shape index (κ2) is 10.8. The van der Waals surface area contributed by atoms with E-state index in [1.165, 1.54) is 23.1 Å². The minimum atomic E-state index is -0.410. The molecule has 0 aliphatic rings. The van der Waals surface area contributed by atoms with Gasteiger partial charge in [-0.3, -0.25) is 14.4 Å². The number of hydrogen-bond acceptors (Lipinski definition) is 7. The van der Waals surface area contributed by atoms with Crippen molar-refractivity contribution in [2.45, 2.75) is 37.3 Å². The Morgan fingerprint density at radius 1 is 1.21 bits per heavy atom. The fourth-order valence-corrected chi connectivity index (χ4v) is 4.11. The summed E-state index contributed by atoms with van der Waals surface area (Å²) in [4.78, 5) is 39.5. The van der Waals surface area contributed by atoms with Crippen molar-refractivity contribution < 1.29 is 19.1 Å². The number of nitrogens with zero attached hydrogens (tertiary/aromatic N) is 1. The Morgan fingerprint density at radius 3 is 2.57 bits per heavy atom. The number of aromatic nitrogens is 1. The number of Topliss-reactive ketones (excluding diaryl/α,β-unsaturated/α-hetero) is 1. The van der Waals surface area contributed by atoms with Crippen molar-refractivity contribution in [1.82, 2.24) is 4.98 Å². The Labute approximate surface area is 172 Å². The van der Waals surface area contributed by atoms with Crippen LogP contribution in [0.4, 0.5) is 5.13 Å². The molecule has 7 nitrogen and oxygen atoms in total. The average Bonchev–Trinajstić information content (AvgIpc) is 3.02. The van der Waals surface area contributed by atoms with Gasteiger partial charge < -0.3 is 15.8 Å². The van der Waals surface area contributed by atoms with E-state index in [0.717, 1.165) is 22.1 Å². The minimum absolute atomic E-state index is 0.0648. The van der Waals surface area contributed by atoms with Crippen LogP contribution in [0.25, 0.3) is 0 Å². The van der Waals surface area contributed by atoms with Gasteiger partial charge in [0, 0.05) is 18.4 Å². The molecule has 1 aromatic carbocycles. The molecule has 0 saturated heterocycles. The maximum atomic E-state index is 12.3. The second-order valence-corrected chi connectivity index (χ2v) is 8.23. The molecule has 1 aromatic heterocycles. The summed E-state index contributed by atoms with van der Waals surface area (Å²) in [6, 6.07) is 6.93. The first-order chi connectivity index (χ1) is 13.4. The van der Waals surface area contributed by atoms with Gasteiger partial charge in [-0.1, -0.05) is 18.3 Å². The smallest absolute Gasteiger partial charge is 0.227 e. The number of nitrogens with two attached hydrogens (primary N) is 1. The molecule has 0 atom stereocenters. The monoisotopic (exact) mass is 421 g/mol. The molecule has 2 aromatic rings. The summed E-state index contributed by atoms with van der Waals surface area (Å²) in [7, 11) is 0. The number of primary amides is 1. The number of ketones is 1. The number of benzene rings is 1. The molecule has 1 heterocycles. The number of carbonyl (C=O) groups is 3. The van der Waals surface area contributed by atoms with Crippen LogP contribution in [0, 0.1) is 6.92 Å². The minimum Gasteiger partial charge on any atom is -0.494 e. The van der Waals surface area contributed by atoms with E-state index in [4.69, 9.17) is 10.5 Å². The quantitative estimate of drug-likeness (QED) is 0.425. The van der Waals surface area contributed by atoms with E-state index < -0.39 is 5.91 Å². The van der Waals surface area contributed by atoms with Gasteiger partial charge in [0.05, 0.1) is 22.3 Å². The molecule has 0 spiro atoms. The fourth-order valence-electron chi connectivity index (χ4n) is 2.22. The van der Waals surface area contributed by atoms with E-state index in [-0.39, 0.29) is 30.3 Å². The third-order valence-electron chi connectivity index (χ3n) is 3.57. The standard InChI is InChI=1S/C19H23N3O4S2/c1-3-10-26-14-6-4-13(5-7-14)15(23)8-9-17(25)22-19-21-12(2)18(28-19)27-11-16(20)24/h4-7H,3,8-11H2,1-2H3,(H2,20,24)(H,21,22,25). The average molecular weight is 422 g/mol. The molecule has 0 bridgehead atoms. The zero-order valence-electron chi connectivity index (χ0n) is 15.8. The van der Waals surface area contributed by atoms with Gasteiger partial charge in [-0.15, -0.1) is 11.8 Å². The highest BCUT2D eigenvalue weighted by Crippen LogP contribution is 2.31. The highest BCUT2D eigenvalue weighted by molar-refractivity contribution is 8.01. The summed E-state index contributed by atoms with van der Waals surface area (Å²) >= 11 is 2.57. The molecule has 3 N–H and O–H groups in total. The molecule has 0 unspecified atom stereocenters. The van der Waals surface area contributed by atoms with Crippen molar-refractivity contribution in [3.8, 4) is 5.75 Å². The van der Waals surface area contributed by atoms with Crippen LogP contribution in [-0.4, -0.2) is 34.9 Å². The zero-order valence-corrected chi connectivity index (χ0v) is 17.5. The Morgan fingerprint density at radius 2 is 1.93 bits per heavy atom. The predicted molar refractivity (Wildman–Crippen MR) is 111 cm³/mol. The lowest BCUT2D eigenvalue weighted by atomic mass is 10.1. The molecule has 0 fully saturated rings. The topological polar surface area (TPSA) is 111 Å². The van der Waals surface area contributed by atoms with Gasteiger partial charge in [-0.05, 0) is 37.6 Å². The number of hydrogen-bond donors (Lipinski definition) is 2. The van der Waals surface area contributed by atoms with E-state index in [1.54, 1.807) is 31.2 Å². The van der Waals surface area contributed by atoms with Gasteiger partial charge in [0.1, 0.15) is 5.75 Å². The van der Waals surface area contributed by atoms with Crippen LogP contribution < -0.4 is 15.8 Å². The largest absolute Gasteiger partial charge is 0.494 e. The summed E-state index contributed by atoms with van der Waals surface area (Å²) in [5, 5.41) is 3.14. The van der Waals surface area contributed by atoms with Crippen molar-refractivity contribution in [2.75, 3.05) is 17.7 Å². The molecular weight excluding hydrogens is 398 g/mol. The normalized spacial score (nSPS) is 10.5. The van der Waals surface area contributed by atoms with Gasteiger partial charge in [0.2, 0.25) is 11.8 Å². The van der Waals surface area contributed by atoms with Gasteiger partial charge in [0.15, 0.2) is 10.9 Å². The Kier molecular flexibility index (Phi) is 8.46. The molecule has 2 amide bonds. The highest BCUT2D eigenvalue weighted by Gasteiger charge is 2.14. The van der Waals surface area contributed by atoms with Crippen molar-refractivity contribution in [1.29, 1.82) is 0 Å². The molecular formula is C19H23N3O4S2. The van der Waals surface area contributed by atoms with Crippen molar-refractivity contribution in [3.05, 3.63) is 35.5 Å². The third-order valence-corrected chi connectivity index (χ3v) is 6.03. The van der Waals surface area contributed by atoms with E-state index in [1.807, 2.05) is 6.92 Å². The van der Waals surface area contributed by atoms with Crippen LogP contribution >= 0.6 is 23.1 Å². The van der Waals surface area contributed by atoms with E-state index in [9.17, 15) is 14.4 Å². The summed E-state index contributed by atoms with van der Waals surface area (Å²) in [5.74, 6) is 0.0847. The van der Waals surface area contributed by atoms with Crippen LogP contribution in [0.3, 0.4) is 0 Å². The molecule has 0 aliphatic heterocycles. The van der Waals surface area contributed by atoms with Crippen LogP contribution in [0.1, 0.15) is 42.2 Å². The van der Waals surface area contributed by atoms with E-state index in [2.05, 4.69) is 10.3 Å². The number of ether oxygens (including phenoxy) is 1. The molecule has 9 heteroatoms. The SMILES string of the molecule is CCCOc1ccc(C(=O)CCC(=O)Nc2nc(C)c(SCC(N)=O)s2)cc1. The van der Waals surface area contributed by atoms with Crippen LogP contribution in [-0.2, 0) is 9.59 Å². The fraction of sp³-hybridized carbons (Fsp3) is 0.368. The summed E-state index contributed by atoms with van der Waals surface area (Å²) in [6.45, 7) is 4.45. The highest BCUT2D eigenvalue weighted by atomic mass is 32.2. The maximum absolute atomic E-state index is 12.3. The van der Waals surface area contributed by atoms with Gasteiger partial charge in [0.25, 0.3) is 0 Å². The van der Waals surface area contributed by atoms with Crippen LogP contribution in [0.15, 0.2) is 28.5 Å². The van der Waals surface area contributed by atoms with Crippen LogP contribution in [0.5, 0.6) is 5.75 Å². The zero-order chi connectivity index (χ0) is 20.5. The Balaban J connectivity index is 1.82. The van der Waals surface area contributed by atoms with E-state index in [0.29, 0.717) is 17.3 Å². The number of amides is 2. The number of anilines is 1. The van der Waals surface area contributed by atoms with Crippen LogP contribution in [0.2, 0.25) is 0 Å². The number of thioether (sulfide) groups is 1. The van der Waals surface area contributed by atoms with E-state index >= 15 is 0 Å². The Hall–Kier alpha value is -2.39. The number of thiazole rings is 1. The molecule has 0 saturated carbocycles. The second-order valence-electron chi connectivity index (χ2n) is 5.99. The summed E-state index contributed by atoms with van der Waals surface area (Å²) in [6.07, 6.45) is 1.09. The molecule has 0 aliphatic carbocycles.